The van der Waals surface area contributed by atoms with E-state index in [0.29, 0.717) is 13.0 Å². The van der Waals surface area contributed by atoms with Gasteiger partial charge in [-0.25, -0.2) is 4.18 Å². The molecule has 6 atom stereocenters. The maximum absolute atomic E-state index is 12.9. The highest BCUT2D eigenvalue weighted by atomic mass is 32.3. The van der Waals surface area contributed by atoms with Crippen LogP contribution in [0.15, 0.2) is 85.1 Å². The zero-order valence-corrected chi connectivity index (χ0v) is 39.4. The molecule has 0 aliphatic carbocycles. The molecular weight excluding hydrogens is 825 g/mol. The van der Waals surface area contributed by atoms with Crippen LogP contribution in [0.5, 0.6) is 0 Å². The number of hydrogen-bond acceptors (Lipinski definition) is 11. The van der Waals surface area contributed by atoms with Crippen molar-refractivity contribution in [1.29, 1.82) is 0 Å². The average Bonchev–Trinajstić information content (AvgIpc) is 3.26. The molecule has 13 heteroatoms. The van der Waals surface area contributed by atoms with Crippen molar-refractivity contribution in [3.63, 3.8) is 0 Å². The van der Waals surface area contributed by atoms with E-state index in [1.54, 1.807) is 0 Å². The number of esters is 1. The number of carbonyl (C=O) groups excluding carboxylic acids is 1. The molecule has 1 aliphatic heterocycles. The van der Waals surface area contributed by atoms with Crippen LogP contribution in [-0.4, -0.2) is 97.5 Å². The van der Waals surface area contributed by atoms with Crippen molar-refractivity contribution in [2.24, 2.45) is 0 Å². The largest absolute Gasteiger partial charge is 0.457 e. The van der Waals surface area contributed by atoms with Gasteiger partial charge in [-0.3, -0.25) is 9.35 Å². The van der Waals surface area contributed by atoms with Gasteiger partial charge in [0.05, 0.1) is 19.8 Å². The van der Waals surface area contributed by atoms with E-state index in [1.165, 1.54) is 44.9 Å². The first-order valence-corrected chi connectivity index (χ1v) is 25.2. The fourth-order valence-corrected chi connectivity index (χ4v) is 7.18. The third kappa shape index (κ3) is 34.3. The van der Waals surface area contributed by atoms with E-state index in [1.807, 2.05) is 0 Å². The van der Waals surface area contributed by atoms with Crippen molar-refractivity contribution in [3.05, 3.63) is 85.1 Å². The Balaban J connectivity index is 2.46. The number of rotatable bonds is 40. The van der Waals surface area contributed by atoms with Gasteiger partial charge in [0.15, 0.2) is 6.29 Å². The number of aliphatic hydroxyl groups excluding tert-OH is 3. The Morgan fingerprint density at radius 1 is 0.619 bits per heavy atom. The van der Waals surface area contributed by atoms with Crippen molar-refractivity contribution in [1.82, 2.24) is 0 Å². The van der Waals surface area contributed by atoms with E-state index in [4.69, 9.17) is 18.9 Å². The summed E-state index contributed by atoms with van der Waals surface area (Å²) in [7, 11) is -5.07. The van der Waals surface area contributed by atoms with Gasteiger partial charge in [0.1, 0.15) is 30.5 Å². The molecular formula is C50H84O12S. The SMILES string of the molecule is CC/C=C\C/C=C\C/C=C\C/C=C\C/C=C\CCCCCC(=O)OC(COCCCCCCCC/C=C\C/C=C\CCCCCC)COC1OC(CO)C(O)C(OS(=O)(=O)O)C1O. The number of aliphatic hydroxyl groups is 3. The topological polar surface area (TPSA) is 178 Å². The highest BCUT2D eigenvalue weighted by Gasteiger charge is 2.48. The first-order chi connectivity index (χ1) is 30.6. The van der Waals surface area contributed by atoms with Crippen LogP contribution in [0.4, 0.5) is 0 Å². The van der Waals surface area contributed by atoms with Crippen LogP contribution in [0.2, 0.25) is 0 Å². The number of unbranched alkanes of at least 4 members (excludes halogenated alkanes) is 13. The number of hydrogen-bond donors (Lipinski definition) is 4. The minimum absolute atomic E-state index is 0.00993. The first-order valence-electron chi connectivity index (χ1n) is 23.8. The quantitative estimate of drug-likeness (QED) is 0.0198. The van der Waals surface area contributed by atoms with Gasteiger partial charge in [0, 0.05) is 13.0 Å². The maximum atomic E-state index is 12.9. The number of ether oxygens (including phenoxy) is 4. The molecule has 362 valence electrons. The fourth-order valence-electron chi connectivity index (χ4n) is 6.67. The lowest BCUT2D eigenvalue weighted by Gasteiger charge is -2.41. The molecule has 1 rings (SSSR count). The van der Waals surface area contributed by atoms with E-state index in [-0.39, 0.29) is 19.6 Å². The normalized spacial score (nSPS) is 20.6. The molecule has 63 heavy (non-hydrogen) atoms. The molecule has 0 aromatic rings. The molecule has 1 aliphatic rings. The second kappa shape index (κ2) is 40.8. The predicted molar refractivity (Wildman–Crippen MR) is 252 cm³/mol. The van der Waals surface area contributed by atoms with Gasteiger partial charge in [-0.2, -0.15) is 8.42 Å². The zero-order valence-electron chi connectivity index (χ0n) is 38.6. The van der Waals surface area contributed by atoms with Crippen LogP contribution in [-0.2, 0) is 38.3 Å². The van der Waals surface area contributed by atoms with Gasteiger partial charge in [0.25, 0.3) is 0 Å². The molecule has 0 saturated carbocycles. The van der Waals surface area contributed by atoms with Crippen LogP contribution < -0.4 is 0 Å². The van der Waals surface area contributed by atoms with Gasteiger partial charge in [0.2, 0.25) is 0 Å². The van der Waals surface area contributed by atoms with Crippen molar-refractivity contribution in [2.45, 2.75) is 198 Å². The van der Waals surface area contributed by atoms with Crippen molar-refractivity contribution in [2.75, 3.05) is 26.4 Å². The van der Waals surface area contributed by atoms with Gasteiger partial charge < -0.3 is 34.3 Å². The summed E-state index contributed by atoms with van der Waals surface area (Å²) in [6.45, 7) is 3.78. The second-order valence-corrected chi connectivity index (χ2v) is 17.0. The zero-order chi connectivity index (χ0) is 46.1. The van der Waals surface area contributed by atoms with E-state index >= 15 is 0 Å². The van der Waals surface area contributed by atoms with Gasteiger partial charge in [-0.05, 0) is 89.9 Å². The Morgan fingerprint density at radius 2 is 1.10 bits per heavy atom. The van der Waals surface area contributed by atoms with Crippen LogP contribution >= 0.6 is 0 Å². The van der Waals surface area contributed by atoms with E-state index < -0.39 is 59.8 Å². The van der Waals surface area contributed by atoms with Crippen LogP contribution in [0.3, 0.4) is 0 Å². The molecule has 0 spiro atoms. The third-order valence-electron chi connectivity index (χ3n) is 10.3. The minimum atomic E-state index is -5.07. The highest BCUT2D eigenvalue weighted by Crippen LogP contribution is 2.26. The summed E-state index contributed by atoms with van der Waals surface area (Å²) >= 11 is 0. The summed E-state index contributed by atoms with van der Waals surface area (Å²) in [5.41, 5.74) is 0. The summed E-state index contributed by atoms with van der Waals surface area (Å²) in [6, 6.07) is 0. The molecule has 12 nitrogen and oxygen atoms in total. The molecule has 0 aromatic heterocycles. The Morgan fingerprint density at radius 3 is 1.60 bits per heavy atom. The van der Waals surface area contributed by atoms with Crippen LogP contribution in [0.25, 0.3) is 0 Å². The molecule has 1 saturated heterocycles. The summed E-state index contributed by atoms with van der Waals surface area (Å²) in [5, 5.41) is 30.7. The minimum Gasteiger partial charge on any atom is -0.457 e. The molecule has 0 amide bonds. The smallest absolute Gasteiger partial charge is 0.397 e. The maximum Gasteiger partial charge on any atom is 0.397 e. The molecule has 0 radical (unpaired) electrons. The molecule has 0 bridgehead atoms. The van der Waals surface area contributed by atoms with E-state index in [0.717, 1.165) is 89.9 Å². The molecule has 6 unspecified atom stereocenters. The molecule has 1 fully saturated rings. The predicted octanol–water partition coefficient (Wildman–Crippen LogP) is 10.5. The van der Waals surface area contributed by atoms with Crippen molar-refractivity contribution in [3.8, 4) is 0 Å². The van der Waals surface area contributed by atoms with Crippen molar-refractivity contribution >= 4 is 16.4 Å². The highest BCUT2D eigenvalue weighted by molar-refractivity contribution is 7.80. The molecule has 4 N–H and O–H groups in total. The summed E-state index contributed by atoms with van der Waals surface area (Å²) in [6.07, 6.45) is 44.7. The summed E-state index contributed by atoms with van der Waals surface area (Å²) in [4.78, 5) is 12.9. The number of allylic oxidation sites excluding steroid dienone is 14. The Hall–Kier alpha value is -2.72. The lowest BCUT2D eigenvalue weighted by atomic mass is 9.99. The second-order valence-electron chi connectivity index (χ2n) is 16.0. The summed E-state index contributed by atoms with van der Waals surface area (Å²) < 4.78 is 59.1. The monoisotopic (exact) mass is 909 g/mol. The van der Waals surface area contributed by atoms with Crippen LogP contribution in [0, 0.1) is 0 Å². The third-order valence-corrected chi connectivity index (χ3v) is 10.7. The van der Waals surface area contributed by atoms with Crippen LogP contribution in [0.1, 0.15) is 162 Å². The Bertz CT molecular complexity index is 1420. The summed E-state index contributed by atoms with van der Waals surface area (Å²) in [5.74, 6) is -0.437. The van der Waals surface area contributed by atoms with Crippen molar-refractivity contribution < 1.29 is 56.2 Å². The van der Waals surface area contributed by atoms with Gasteiger partial charge in [-0.15, -0.1) is 0 Å². The molecule has 1 heterocycles. The first kappa shape index (κ1) is 58.3. The van der Waals surface area contributed by atoms with Gasteiger partial charge >= 0.3 is 16.4 Å². The Labute approximate surface area is 381 Å². The number of carbonyl (C=O) groups is 1. The van der Waals surface area contributed by atoms with E-state index in [2.05, 4.69) is 103 Å². The Kier molecular flexibility index (Phi) is 37.7. The van der Waals surface area contributed by atoms with Gasteiger partial charge in [-0.1, -0.05) is 150 Å². The lowest BCUT2D eigenvalue weighted by molar-refractivity contribution is -0.301. The standard InChI is InChI=1S/C50H84O12S/c1-3-5-7-9-11-13-15-17-19-21-22-23-25-27-29-31-33-35-37-39-46(52)60-44(43-59-50-48(54)49(62-63(55,56)57)47(53)45(41-51)61-50)42-58-40-38-36-34-32-30-28-26-24-20-18-16-14-12-10-8-6-4-2/h5,7,11,13-14,16-17,19-20,22-24,27,29,44-45,47-51,53-54H,3-4,6,8-10,12,15,18,21,25-26,28,30-43H2,1-2H3,(H,55,56,57)/b7-5-,13-11-,16-14-,19-17-,23-22-,24-20-,29-27-. The average molecular weight is 909 g/mol. The lowest BCUT2D eigenvalue weighted by Crippen LogP contribution is -2.60. The fraction of sp³-hybridized carbons (Fsp3) is 0.700. The van der Waals surface area contributed by atoms with E-state index in [9.17, 15) is 33.1 Å². The molecule has 0 aromatic carbocycles.